The first-order valence-electron chi connectivity index (χ1n) is 10.8. The number of rotatable bonds is 4. The van der Waals surface area contributed by atoms with Gasteiger partial charge >= 0.3 is 0 Å². The minimum atomic E-state index is -0.266. The number of anilines is 1. The summed E-state index contributed by atoms with van der Waals surface area (Å²) >= 11 is 0. The molecule has 0 spiro atoms. The normalized spacial score (nSPS) is 15.0. The topological polar surface area (TPSA) is 76.3 Å². The maximum atomic E-state index is 13.0. The van der Waals surface area contributed by atoms with Crippen molar-refractivity contribution in [3.05, 3.63) is 52.7 Å². The van der Waals surface area contributed by atoms with Gasteiger partial charge in [0.2, 0.25) is 5.91 Å². The van der Waals surface area contributed by atoms with Crippen molar-refractivity contribution in [2.24, 2.45) is 0 Å². The van der Waals surface area contributed by atoms with E-state index in [1.807, 2.05) is 50.8 Å². The van der Waals surface area contributed by atoms with Crippen LogP contribution >= 0.6 is 0 Å². The third kappa shape index (κ3) is 4.19. The number of amides is 1. The van der Waals surface area contributed by atoms with Gasteiger partial charge in [0.15, 0.2) is 5.65 Å². The molecule has 0 radical (unpaired) electrons. The standard InChI is InChI=1S/C23H30N6O2/c1-17-25-21-19(16-24-29(21)23(2,3)4)22(31)28(17)11-10-20(30)27-14-12-26(13-15-27)18-8-6-5-7-9-18/h5-9,16H,10-15H2,1-4H3. The van der Waals surface area contributed by atoms with Gasteiger partial charge in [0.1, 0.15) is 11.2 Å². The zero-order valence-corrected chi connectivity index (χ0v) is 18.7. The predicted molar refractivity (Wildman–Crippen MR) is 121 cm³/mol. The van der Waals surface area contributed by atoms with E-state index in [-0.39, 0.29) is 23.4 Å². The van der Waals surface area contributed by atoms with Gasteiger partial charge in [0, 0.05) is 44.8 Å². The van der Waals surface area contributed by atoms with Crippen molar-refractivity contribution >= 4 is 22.6 Å². The zero-order chi connectivity index (χ0) is 22.2. The summed E-state index contributed by atoms with van der Waals surface area (Å²) in [7, 11) is 0. The Morgan fingerprint density at radius 1 is 1.06 bits per heavy atom. The maximum Gasteiger partial charge on any atom is 0.264 e. The molecule has 1 aliphatic heterocycles. The molecule has 4 rings (SSSR count). The summed E-state index contributed by atoms with van der Waals surface area (Å²) in [5.41, 5.74) is 1.37. The Morgan fingerprint density at radius 2 is 1.74 bits per heavy atom. The van der Waals surface area contributed by atoms with Crippen LogP contribution in [0.25, 0.3) is 11.0 Å². The fourth-order valence-electron chi connectivity index (χ4n) is 4.08. The Kier molecular flexibility index (Phi) is 5.56. The molecule has 1 aliphatic rings. The summed E-state index contributed by atoms with van der Waals surface area (Å²) in [6.45, 7) is 11.2. The van der Waals surface area contributed by atoms with E-state index in [1.54, 1.807) is 15.4 Å². The van der Waals surface area contributed by atoms with Crippen LogP contribution in [0.2, 0.25) is 0 Å². The predicted octanol–water partition coefficient (Wildman–Crippen LogP) is 2.40. The first-order valence-corrected chi connectivity index (χ1v) is 10.8. The van der Waals surface area contributed by atoms with Gasteiger partial charge in [-0.3, -0.25) is 14.2 Å². The second-order valence-corrected chi connectivity index (χ2v) is 9.03. The van der Waals surface area contributed by atoms with Crippen LogP contribution in [0.3, 0.4) is 0 Å². The molecule has 8 nitrogen and oxygen atoms in total. The third-order valence-corrected chi connectivity index (χ3v) is 5.82. The molecule has 1 aromatic carbocycles. The Labute approximate surface area is 182 Å². The molecule has 0 atom stereocenters. The summed E-state index contributed by atoms with van der Waals surface area (Å²) in [5.74, 6) is 0.676. The summed E-state index contributed by atoms with van der Waals surface area (Å²) in [4.78, 5) is 34.6. The van der Waals surface area contributed by atoms with Gasteiger partial charge in [-0.25, -0.2) is 9.67 Å². The van der Waals surface area contributed by atoms with Crippen molar-refractivity contribution in [3.8, 4) is 0 Å². The lowest BCUT2D eigenvalue weighted by Crippen LogP contribution is -2.49. The van der Waals surface area contributed by atoms with E-state index in [0.29, 0.717) is 36.5 Å². The van der Waals surface area contributed by atoms with Crippen molar-refractivity contribution < 1.29 is 4.79 Å². The largest absolute Gasteiger partial charge is 0.368 e. The number of hydrogen-bond acceptors (Lipinski definition) is 5. The first kappa shape index (κ1) is 21.1. The van der Waals surface area contributed by atoms with Gasteiger partial charge in [0.05, 0.1) is 11.7 Å². The average Bonchev–Trinajstić information content (AvgIpc) is 3.18. The van der Waals surface area contributed by atoms with Crippen LogP contribution in [0.15, 0.2) is 41.3 Å². The van der Waals surface area contributed by atoms with Crippen LogP contribution in [-0.4, -0.2) is 56.3 Å². The number of benzene rings is 1. The minimum Gasteiger partial charge on any atom is -0.368 e. The molecule has 0 unspecified atom stereocenters. The summed E-state index contributed by atoms with van der Waals surface area (Å²) in [6.07, 6.45) is 1.86. The Balaban J connectivity index is 1.42. The number of carbonyl (C=O) groups is 1. The monoisotopic (exact) mass is 422 g/mol. The van der Waals surface area contributed by atoms with Crippen LogP contribution in [-0.2, 0) is 16.9 Å². The van der Waals surface area contributed by atoms with E-state index in [0.717, 1.165) is 13.1 Å². The van der Waals surface area contributed by atoms with Crippen molar-refractivity contribution in [2.75, 3.05) is 31.1 Å². The number of piperazine rings is 1. The van der Waals surface area contributed by atoms with Crippen molar-refractivity contribution in [1.82, 2.24) is 24.2 Å². The SMILES string of the molecule is Cc1nc2c(cnn2C(C)(C)C)c(=O)n1CCC(=O)N1CCN(c2ccccc2)CC1. The molecule has 0 bridgehead atoms. The number of aryl methyl sites for hydroxylation is 1. The Bertz CT molecular complexity index is 1130. The van der Waals surface area contributed by atoms with E-state index in [9.17, 15) is 9.59 Å². The van der Waals surface area contributed by atoms with Crippen LogP contribution in [0.5, 0.6) is 0 Å². The molecular formula is C23H30N6O2. The second-order valence-electron chi connectivity index (χ2n) is 9.03. The molecule has 0 N–H and O–H groups in total. The minimum absolute atomic E-state index is 0.0736. The van der Waals surface area contributed by atoms with Crippen LogP contribution in [0.4, 0.5) is 5.69 Å². The average molecular weight is 423 g/mol. The number of para-hydroxylation sites is 1. The molecule has 3 aromatic rings. The van der Waals surface area contributed by atoms with E-state index < -0.39 is 0 Å². The van der Waals surface area contributed by atoms with Gasteiger partial charge in [-0.15, -0.1) is 0 Å². The Hall–Kier alpha value is -3.16. The molecular weight excluding hydrogens is 392 g/mol. The number of hydrogen-bond donors (Lipinski definition) is 0. The fourth-order valence-corrected chi connectivity index (χ4v) is 4.08. The van der Waals surface area contributed by atoms with Gasteiger partial charge < -0.3 is 9.80 Å². The highest BCUT2D eigenvalue weighted by Crippen LogP contribution is 2.19. The number of aromatic nitrogens is 4. The highest BCUT2D eigenvalue weighted by atomic mass is 16.2. The molecule has 1 fully saturated rings. The van der Waals surface area contributed by atoms with E-state index >= 15 is 0 Å². The highest BCUT2D eigenvalue weighted by molar-refractivity contribution is 5.77. The maximum absolute atomic E-state index is 13.0. The van der Waals surface area contributed by atoms with Crippen molar-refractivity contribution in [1.29, 1.82) is 0 Å². The smallest absolute Gasteiger partial charge is 0.264 e. The van der Waals surface area contributed by atoms with Gasteiger partial charge in [0.25, 0.3) is 5.56 Å². The molecule has 0 saturated carbocycles. The lowest BCUT2D eigenvalue weighted by Gasteiger charge is -2.36. The van der Waals surface area contributed by atoms with E-state index in [2.05, 4.69) is 27.1 Å². The Morgan fingerprint density at radius 3 is 2.39 bits per heavy atom. The van der Waals surface area contributed by atoms with E-state index in [4.69, 9.17) is 0 Å². The summed E-state index contributed by atoms with van der Waals surface area (Å²) < 4.78 is 3.37. The molecule has 31 heavy (non-hydrogen) atoms. The number of nitrogens with zero attached hydrogens (tertiary/aromatic N) is 6. The fraction of sp³-hybridized carbons (Fsp3) is 0.478. The lowest BCUT2D eigenvalue weighted by atomic mass is 10.1. The zero-order valence-electron chi connectivity index (χ0n) is 18.7. The van der Waals surface area contributed by atoms with E-state index in [1.165, 1.54) is 5.69 Å². The summed E-state index contributed by atoms with van der Waals surface area (Å²) in [5, 5.41) is 4.86. The highest BCUT2D eigenvalue weighted by Gasteiger charge is 2.23. The molecule has 1 amide bonds. The van der Waals surface area contributed by atoms with Gasteiger partial charge in [-0.05, 0) is 39.8 Å². The van der Waals surface area contributed by atoms with Gasteiger partial charge in [-0.1, -0.05) is 18.2 Å². The lowest BCUT2D eigenvalue weighted by molar-refractivity contribution is -0.131. The van der Waals surface area contributed by atoms with Crippen LogP contribution < -0.4 is 10.5 Å². The quantitative estimate of drug-likeness (QED) is 0.645. The molecule has 8 heteroatoms. The van der Waals surface area contributed by atoms with Crippen LogP contribution in [0.1, 0.15) is 33.0 Å². The van der Waals surface area contributed by atoms with Gasteiger partial charge in [-0.2, -0.15) is 5.10 Å². The van der Waals surface area contributed by atoms with Crippen molar-refractivity contribution in [3.63, 3.8) is 0 Å². The molecule has 3 heterocycles. The molecule has 1 saturated heterocycles. The molecule has 2 aromatic heterocycles. The molecule has 0 aliphatic carbocycles. The summed E-state index contributed by atoms with van der Waals surface area (Å²) in [6, 6.07) is 10.3. The first-order chi connectivity index (χ1) is 14.8. The molecule has 164 valence electrons. The van der Waals surface area contributed by atoms with Crippen molar-refractivity contribution in [2.45, 2.75) is 46.2 Å². The number of fused-ring (bicyclic) bond motifs is 1. The second kappa shape index (κ2) is 8.17. The third-order valence-electron chi connectivity index (χ3n) is 5.82. The number of carbonyl (C=O) groups excluding carboxylic acids is 1. The van der Waals surface area contributed by atoms with Crippen LogP contribution in [0, 0.1) is 6.92 Å².